The van der Waals surface area contributed by atoms with Gasteiger partial charge in [-0.25, -0.2) is 4.98 Å². The first-order chi connectivity index (χ1) is 18.6. The van der Waals surface area contributed by atoms with Gasteiger partial charge in [-0.3, -0.25) is 14.3 Å². The van der Waals surface area contributed by atoms with E-state index < -0.39 is 5.60 Å². The number of aryl methyl sites for hydroxylation is 2. The standard InChI is InChI=1S/C29H32N6O4/c1-5-34-15-20(14-30-34)31-26-28(38)33(4)16-24(32-26)22-7-6-8-25(23(22)17-36)35-12-11-18-13-19(29(2,3)39)9-10-21(18)27(35)37/h6-10,13-16,36,39H,5,11-12,17H2,1-4H3,(H,31,32). The number of fused-ring (bicyclic) bond motifs is 1. The van der Waals surface area contributed by atoms with Crippen molar-refractivity contribution in [2.24, 2.45) is 7.05 Å². The van der Waals surface area contributed by atoms with E-state index in [0.29, 0.717) is 53.3 Å². The van der Waals surface area contributed by atoms with Crippen molar-refractivity contribution in [2.45, 2.75) is 45.9 Å². The first-order valence-corrected chi connectivity index (χ1v) is 12.9. The number of aliphatic hydroxyl groups excluding tert-OH is 1. The van der Waals surface area contributed by atoms with Crippen molar-refractivity contribution in [1.82, 2.24) is 19.3 Å². The van der Waals surface area contributed by atoms with Crippen LogP contribution in [0.3, 0.4) is 0 Å². The Kier molecular flexibility index (Phi) is 6.83. The molecule has 0 radical (unpaired) electrons. The van der Waals surface area contributed by atoms with E-state index in [9.17, 15) is 19.8 Å². The zero-order valence-electron chi connectivity index (χ0n) is 22.5. The van der Waals surface area contributed by atoms with Crippen molar-refractivity contribution < 1.29 is 15.0 Å². The third-order valence-electron chi connectivity index (χ3n) is 7.06. The van der Waals surface area contributed by atoms with Crippen molar-refractivity contribution in [2.75, 3.05) is 16.8 Å². The first-order valence-electron chi connectivity index (χ1n) is 12.9. The number of nitrogens with one attached hydrogen (secondary N) is 1. The van der Waals surface area contributed by atoms with Crippen LogP contribution in [-0.2, 0) is 32.2 Å². The molecule has 10 heteroatoms. The molecule has 1 aliphatic rings. The summed E-state index contributed by atoms with van der Waals surface area (Å²) in [4.78, 5) is 32.7. The molecule has 3 heterocycles. The molecule has 2 aromatic carbocycles. The number of aromatic nitrogens is 4. The molecule has 5 rings (SSSR count). The van der Waals surface area contributed by atoms with E-state index in [-0.39, 0.29) is 23.9 Å². The molecule has 0 spiro atoms. The second kappa shape index (κ2) is 10.1. The minimum atomic E-state index is -0.999. The molecule has 4 aromatic rings. The van der Waals surface area contributed by atoms with Gasteiger partial charge in [0.1, 0.15) is 0 Å². The van der Waals surface area contributed by atoms with Gasteiger partial charge in [0, 0.05) is 49.2 Å². The van der Waals surface area contributed by atoms with Crippen molar-refractivity contribution in [3.63, 3.8) is 0 Å². The Morgan fingerprint density at radius 2 is 1.90 bits per heavy atom. The van der Waals surface area contributed by atoms with Crippen molar-refractivity contribution in [3.05, 3.63) is 87.6 Å². The Bertz CT molecular complexity index is 1610. The molecule has 0 atom stereocenters. The molecule has 202 valence electrons. The summed E-state index contributed by atoms with van der Waals surface area (Å²) in [6.07, 6.45) is 5.64. The highest BCUT2D eigenvalue weighted by atomic mass is 16.3. The van der Waals surface area contributed by atoms with E-state index >= 15 is 0 Å². The quantitative estimate of drug-likeness (QED) is 0.336. The fourth-order valence-corrected chi connectivity index (χ4v) is 4.89. The fourth-order valence-electron chi connectivity index (χ4n) is 4.89. The topological polar surface area (TPSA) is 126 Å². The number of hydrogen-bond acceptors (Lipinski definition) is 7. The molecule has 1 aliphatic heterocycles. The molecular formula is C29H32N6O4. The molecular weight excluding hydrogens is 496 g/mol. The maximum Gasteiger partial charge on any atom is 0.293 e. The molecule has 0 fully saturated rings. The van der Waals surface area contributed by atoms with Crippen molar-refractivity contribution >= 4 is 23.1 Å². The van der Waals surface area contributed by atoms with Crippen LogP contribution in [0.15, 0.2) is 59.8 Å². The lowest BCUT2D eigenvalue weighted by Crippen LogP contribution is -2.38. The maximum atomic E-state index is 13.6. The molecule has 0 saturated carbocycles. The molecule has 10 nitrogen and oxygen atoms in total. The van der Waals surface area contributed by atoms with Crippen LogP contribution in [0.25, 0.3) is 11.3 Å². The lowest BCUT2D eigenvalue weighted by molar-refractivity contribution is 0.0783. The second-order valence-corrected chi connectivity index (χ2v) is 10.2. The lowest BCUT2D eigenvalue weighted by atomic mass is 9.90. The predicted molar refractivity (Wildman–Crippen MR) is 149 cm³/mol. The van der Waals surface area contributed by atoms with Gasteiger partial charge in [-0.1, -0.05) is 24.3 Å². The van der Waals surface area contributed by atoms with E-state index in [1.54, 1.807) is 61.2 Å². The summed E-state index contributed by atoms with van der Waals surface area (Å²) in [5.41, 5.74) is 3.78. The number of aliphatic hydroxyl groups is 2. The Labute approximate surface area is 226 Å². The number of nitrogens with zero attached hydrogens (tertiary/aromatic N) is 5. The summed E-state index contributed by atoms with van der Waals surface area (Å²) in [7, 11) is 1.64. The molecule has 0 saturated heterocycles. The number of carbonyl (C=O) groups is 1. The van der Waals surface area contributed by atoms with E-state index in [2.05, 4.69) is 15.4 Å². The second-order valence-electron chi connectivity index (χ2n) is 10.2. The summed E-state index contributed by atoms with van der Waals surface area (Å²) < 4.78 is 3.18. The van der Waals surface area contributed by atoms with Gasteiger partial charge in [-0.15, -0.1) is 0 Å². The van der Waals surface area contributed by atoms with Gasteiger partial charge < -0.3 is 25.0 Å². The number of hydrogen-bond donors (Lipinski definition) is 3. The van der Waals surface area contributed by atoms with Gasteiger partial charge in [0.05, 0.1) is 35.5 Å². The van der Waals surface area contributed by atoms with Crippen LogP contribution in [0.5, 0.6) is 0 Å². The van der Waals surface area contributed by atoms with Gasteiger partial charge in [0.25, 0.3) is 11.5 Å². The van der Waals surface area contributed by atoms with Crippen LogP contribution in [0.1, 0.15) is 47.8 Å². The molecule has 0 aliphatic carbocycles. The summed E-state index contributed by atoms with van der Waals surface area (Å²) in [5.74, 6) is -0.0420. The Morgan fingerprint density at radius 3 is 2.59 bits per heavy atom. The third-order valence-corrected chi connectivity index (χ3v) is 7.06. The number of anilines is 3. The summed E-state index contributed by atoms with van der Waals surface area (Å²) in [5, 5.41) is 28.1. The van der Waals surface area contributed by atoms with Crippen LogP contribution in [-0.4, -0.2) is 42.0 Å². The zero-order valence-corrected chi connectivity index (χ0v) is 22.5. The van der Waals surface area contributed by atoms with Crippen molar-refractivity contribution in [1.29, 1.82) is 0 Å². The maximum absolute atomic E-state index is 13.6. The van der Waals surface area contributed by atoms with Crippen LogP contribution < -0.4 is 15.8 Å². The monoisotopic (exact) mass is 528 g/mol. The molecule has 0 bridgehead atoms. The van der Waals surface area contributed by atoms with E-state index in [1.165, 1.54) is 4.57 Å². The molecule has 0 unspecified atom stereocenters. The molecule has 39 heavy (non-hydrogen) atoms. The van der Waals surface area contributed by atoms with Gasteiger partial charge >= 0.3 is 0 Å². The third kappa shape index (κ3) is 4.96. The minimum absolute atomic E-state index is 0.130. The number of carbonyl (C=O) groups excluding carboxylic acids is 1. The van der Waals surface area contributed by atoms with Gasteiger partial charge in [0.15, 0.2) is 5.82 Å². The van der Waals surface area contributed by atoms with E-state index in [4.69, 9.17) is 0 Å². The minimum Gasteiger partial charge on any atom is -0.392 e. The summed E-state index contributed by atoms with van der Waals surface area (Å²) in [6.45, 7) is 6.20. The summed E-state index contributed by atoms with van der Waals surface area (Å²) >= 11 is 0. The van der Waals surface area contributed by atoms with Gasteiger partial charge in [-0.05, 0) is 50.5 Å². The Balaban J connectivity index is 1.53. The van der Waals surface area contributed by atoms with Crippen LogP contribution in [0.4, 0.5) is 17.2 Å². The number of amides is 1. The van der Waals surface area contributed by atoms with Gasteiger partial charge in [-0.2, -0.15) is 5.10 Å². The van der Waals surface area contributed by atoms with E-state index in [1.807, 2.05) is 31.2 Å². The smallest absolute Gasteiger partial charge is 0.293 e. The normalized spacial score (nSPS) is 13.5. The predicted octanol–water partition coefficient (Wildman–Crippen LogP) is 3.33. The lowest BCUT2D eigenvalue weighted by Gasteiger charge is -2.31. The van der Waals surface area contributed by atoms with Crippen molar-refractivity contribution in [3.8, 4) is 11.3 Å². The highest BCUT2D eigenvalue weighted by Crippen LogP contribution is 2.34. The fraction of sp³-hybridized carbons (Fsp3) is 0.310. The number of rotatable bonds is 7. The Morgan fingerprint density at radius 1 is 1.10 bits per heavy atom. The zero-order chi connectivity index (χ0) is 27.9. The SMILES string of the molecule is CCn1cc(Nc2nc(-c3cccc(N4CCc5cc(C(C)(C)O)ccc5C4=O)c3CO)cn(C)c2=O)cn1. The highest BCUT2D eigenvalue weighted by molar-refractivity contribution is 6.09. The average molecular weight is 529 g/mol. The van der Waals surface area contributed by atoms with Crippen LogP contribution >= 0.6 is 0 Å². The molecule has 3 N–H and O–H groups in total. The largest absolute Gasteiger partial charge is 0.392 e. The van der Waals surface area contributed by atoms with Crippen LogP contribution in [0.2, 0.25) is 0 Å². The van der Waals surface area contributed by atoms with Crippen LogP contribution in [0, 0.1) is 0 Å². The molecule has 2 aromatic heterocycles. The summed E-state index contributed by atoms with van der Waals surface area (Å²) in [6, 6.07) is 10.9. The first kappa shape index (κ1) is 26.3. The van der Waals surface area contributed by atoms with E-state index in [0.717, 1.165) is 11.1 Å². The molecule has 1 amide bonds. The Hall–Kier alpha value is -4.28. The number of benzene rings is 2. The average Bonchev–Trinajstić information content (AvgIpc) is 3.38. The van der Waals surface area contributed by atoms with Gasteiger partial charge in [0.2, 0.25) is 0 Å². The highest BCUT2D eigenvalue weighted by Gasteiger charge is 2.29.